The number of aryl methyl sites for hydroxylation is 1. The molecule has 0 saturated heterocycles. The summed E-state index contributed by atoms with van der Waals surface area (Å²) in [6.45, 7) is 4.31. The fourth-order valence-electron chi connectivity index (χ4n) is 2.37. The van der Waals surface area contributed by atoms with Crippen molar-refractivity contribution in [2.75, 3.05) is 5.32 Å². The molecule has 2 aromatic carbocycles. The summed E-state index contributed by atoms with van der Waals surface area (Å²) < 4.78 is 1.86. The van der Waals surface area contributed by atoms with Gasteiger partial charge in [0.1, 0.15) is 6.54 Å². The second-order valence-electron chi connectivity index (χ2n) is 5.16. The van der Waals surface area contributed by atoms with E-state index in [2.05, 4.69) is 10.3 Å². The van der Waals surface area contributed by atoms with Crippen LogP contribution < -0.4 is 5.32 Å². The van der Waals surface area contributed by atoms with Gasteiger partial charge in [-0.25, -0.2) is 4.98 Å². The highest BCUT2D eigenvalue weighted by Crippen LogP contribution is 2.18. The van der Waals surface area contributed by atoms with Gasteiger partial charge in [0.25, 0.3) is 0 Å². The van der Waals surface area contributed by atoms with E-state index in [0.29, 0.717) is 0 Å². The molecule has 21 heavy (non-hydrogen) atoms. The molecule has 3 rings (SSSR count). The molecule has 0 unspecified atom stereocenters. The van der Waals surface area contributed by atoms with Crippen molar-refractivity contribution in [2.45, 2.75) is 20.4 Å². The van der Waals surface area contributed by atoms with Crippen molar-refractivity contribution in [3.8, 4) is 0 Å². The van der Waals surface area contributed by atoms with Crippen molar-refractivity contribution in [3.05, 3.63) is 59.9 Å². The van der Waals surface area contributed by atoms with Crippen LogP contribution in [-0.2, 0) is 11.3 Å². The van der Waals surface area contributed by atoms with Gasteiger partial charge in [-0.1, -0.05) is 24.3 Å². The van der Waals surface area contributed by atoms with Crippen LogP contribution in [0, 0.1) is 13.8 Å². The van der Waals surface area contributed by atoms with E-state index >= 15 is 0 Å². The van der Waals surface area contributed by atoms with E-state index in [4.69, 9.17) is 0 Å². The second kappa shape index (κ2) is 5.40. The van der Waals surface area contributed by atoms with Crippen LogP contribution >= 0.6 is 0 Å². The number of nitrogens with one attached hydrogen (secondary N) is 1. The van der Waals surface area contributed by atoms with Crippen LogP contribution in [0.25, 0.3) is 11.0 Å². The van der Waals surface area contributed by atoms with Crippen LogP contribution in [0.4, 0.5) is 5.69 Å². The Kier molecular flexibility index (Phi) is 3.44. The Balaban J connectivity index is 1.79. The van der Waals surface area contributed by atoms with Crippen LogP contribution in [0.15, 0.2) is 48.8 Å². The standard InChI is InChI=1S/C17H17N3O/c1-12-6-5-8-14(13(12)2)19-17(21)10-20-11-18-15-7-3-4-9-16(15)20/h3-9,11H,10H2,1-2H3,(H,19,21). The monoisotopic (exact) mass is 279 g/mol. The number of amides is 1. The quantitative estimate of drug-likeness (QED) is 0.799. The van der Waals surface area contributed by atoms with Crippen molar-refractivity contribution in [1.82, 2.24) is 9.55 Å². The number of carbonyl (C=O) groups is 1. The third-order valence-electron chi connectivity index (χ3n) is 3.72. The maximum absolute atomic E-state index is 12.2. The number of rotatable bonds is 3. The molecule has 0 radical (unpaired) electrons. The number of carbonyl (C=O) groups excluding carboxylic acids is 1. The minimum Gasteiger partial charge on any atom is -0.324 e. The lowest BCUT2D eigenvalue weighted by Gasteiger charge is -2.11. The lowest BCUT2D eigenvalue weighted by Crippen LogP contribution is -2.19. The van der Waals surface area contributed by atoms with Gasteiger partial charge in [0.05, 0.1) is 17.4 Å². The fraction of sp³-hybridized carbons (Fsp3) is 0.176. The minimum absolute atomic E-state index is 0.0492. The minimum atomic E-state index is -0.0492. The van der Waals surface area contributed by atoms with Crippen molar-refractivity contribution >= 4 is 22.6 Å². The molecule has 1 heterocycles. The third kappa shape index (κ3) is 2.65. The number of hydrogen-bond donors (Lipinski definition) is 1. The van der Waals surface area contributed by atoms with Crippen LogP contribution in [0.1, 0.15) is 11.1 Å². The Hall–Kier alpha value is -2.62. The van der Waals surface area contributed by atoms with Gasteiger partial charge in [-0.15, -0.1) is 0 Å². The Bertz CT molecular complexity index is 805. The van der Waals surface area contributed by atoms with E-state index < -0.39 is 0 Å². The van der Waals surface area contributed by atoms with Crippen molar-refractivity contribution < 1.29 is 4.79 Å². The Morgan fingerprint density at radius 3 is 2.81 bits per heavy atom. The fourth-order valence-corrected chi connectivity index (χ4v) is 2.37. The first kappa shape index (κ1) is 13.4. The number of anilines is 1. The molecule has 1 amide bonds. The van der Waals surface area contributed by atoms with E-state index in [-0.39, 0.29) is 12.5 Å². The smallest absolute Gasteiger partial charge is 0.244 e. The van der Waals surface area contributed by atoms with Gasteiger partial charge in [0, 0.05) is 5.69 Å². The van der Waals surface area contributed by atoms with E-state index in [1.54, 1.807) is 6.33 Å². The van der Waals surface area contributed by atoms with E-state index in [1.165, 1.54) is 5.56 Å². The van der Waals surface area contributed by atoms with Crippen LogP contribution in [-0.4, -0.2) is 15.5 Å². The molecule has 4 nitrogen and oxygen atoms in total. The first-order valence-corrected chi connectivity index (χ1v) is 6.91. The van der Waals surface area contributed by atoms with Gasteiger partial charge in [0.2, 0.25) is 5.91 Å². The van der Waals surface area contributed by atoms with Gasteiger partial charge in [0.15, 0.2) is 0 Å². The number of imidazole rings is 1. The Labute approximate surface area is 123 Å². The molecule has 106 valence electrons. The normalized spacial score (nSPS) is 10.8. The number of nitrogens with zero attached hydrogens (tertiary/aromatic N) is 2. The summed E-state index contributed by atoms with van der Waals surface area (Å²) in [5, 5.41) is 2.97. The molecule has 0 atom stereocenters. The lowest BCUT2D eigenvalue weighted by atomic mass is 10.1. The Morgan fingerprint density at radius 2 is 1.95 bits per heavy atom. The van der Waals surface area contributed by atoms with Gasteiger partial charge < -0.3 is 9.88 Å². The molecule has 0 aliphatic rings. The molecule has 0 saturated carbocycles. The molecular weight excluding hydrogens is 262 g/mol. The Morgan fingerprint density at radius 1 is 1.14 bits per heavy atom. The highest BCUT2D eigenvalue weighted by molar-refractivity contribution is 5.92. The average molecular weight is 279 g/mol. The highest BCUT2D eigenvalue weighted by Gasteiger charge is 2.09. The molecule has 0 fully saturated rings. The van der Waals surface area contributed by atoms with Gasteiger partial charge in [-0.2, -0.15) is 0 Å². The van der Waals surface area contributed by atoms with Crippen LogP contribution in [0.3, 0.4) is 0 Å². The first-order chi connectivity index (χ1) is 10.1. The van der Waals surface area contributed by atoms with Crippen molar-refractivity contribution in [3.63, 3.8) is 0 Å². The molecule has 0 bridgehead atoms. The predicted octanol–water partition coefficient (Wildman–Crippen LogP) is 3.29. The molecule has 0 spiro atoms. The van der Waals surface area contributed by atoms with Gasteiger partial charge >= 0.3 is 0 Å². The van der Waals surface area contributed by atoms with Crippen LogP contribution in [0.2, 0.25) is 0 Å². The zero-order valence-electron chi connectivity index (χ0n) is 12.1. The average Bonchev–Trinajstić information content (AvgIpc) is 2.87. The van der Waals surface area contributed by atoms with E-state index in [0.717, 1.165) is 22.3 Å². The zero-order chi connectivity index (χ0) is 14.8. The highest BCUT2D eigenvalue weighted by atomic mass is 16.1. The molecule has 1 aromatic heterocycles. The van der Waals surface area contributed by atoms with E-state index in [1.807, 2.05) is 60.9 Å². The van der Waals surface area contributed by atoms with Gasteiger partial charge in [-0.3, -0.25) is 4.79 Å². The second-order valence-corrected chi connectivity index (χ2v) is 5.16. The van der Waals surface area contributed by atoms with Crippen LogP contribution in [0.5, 0.6) is 0 Å². The van der Waals surface area contributed by atoms with E-state index in [9.17, 15) is 4.79 Å². The van der Waals surface area contributed by atoms with Crippen molar-refractivity contribution in [1.29, 1.82) is 0 Å². The largest absolute Gasteiger partial charge is 0.324 e. The summed E-state index contributed by atoms with van der Waals surface area (Å²) >= 11 is 0. The number of aromatic nitrogens is 2. The molecule has 3 aromatic rings. The summed E-state index contributed by atoms with van der Waals surface area (Å²) in [7, 11) is 0. The van der Waals surface area contributed by atoms with Gasteiger partial charge in [-0.05, 0) is 43.2 Å². The lowest BCUT2D eigenvalue weighted by molar-refractivity contribution is -0.116. The molecule has 1 N–H and O–H groups in total. The number of benzene rings is 2. The summed E-state index contributed by atoms with van der Waals surface area (Å²) in [5.74, 6) is -0.0492. The van der Waals surface area contributed by atoms with Crippen molar-refractivity contribution in [2.24, 2.45) is 0 Å². The molecular formula is C17H17N3O. The summed E-state index contributed by atoms with van der Waals surface area (Å²) in [5.41, 5.74) is 5.00. The first-order valence-electron chi connectivity index (χ1n) is 6.91. The number of fused-ring (bicyclic) bond motifs is 1. The third-order valence-corrected chi connectivity index (χ3v) is 3.72. The SMILES string of the molecule is Cc1cccc(NC(=O)Cn2cnc3ccccc32)c1C. The molecule has 0 aliphatic heterocycles. The number of para-hydroxylation sites is 2. The summed E-state index contributed by atoms with van der Waals surface area (Å²) in [6, 6.07) is 13.7. The number of hydrogen-bond acceptors (Lipinski definition) is 2. The molecule has 4 heteroatoms. The maximum Gasteiger partial charge on any atom is 0.244 e. The zero-order valence-corrected chi connectivity index (χ0v) is 12.1. The maximum atomic E-state index is 12.2. The molecule has 0 aliphatic carbocycles. The summed E-state index contributed by atoms with van der Waals surface area (Å²) in [6.07, 6.45) is 1.70. The summed E-state index contributed by atoms with van der Waals surface area (Å²) in [4.78, 5) is 16.5. The predicted molar refractivity (Wildman–Crippen MR) is 84.3 cm³/mol. The topological polar surface area (TPSA) is 46.9 Å².